The summed E-state index contributed by atoms with van der Waals surface area (Å²) < 4.78 is 13.6. The number of aromatic nitrogens is 3. The number of carbonyl (C=O) groups is 1. The number of fused-ring (bicyclic) bond motifs is 1. The van der Waals surface area contributed by atoms with Crippen LogP contribution in [0.1, 0.15) is 16.1 Å². The first-order valence-corrected chi connectivity index (χ1v) is 6.15. The normalized spacial score (nSPS) is 10.8. The third-order valence-corrected chi connectivity index (χ3v) is 3.25. The van der Waals surface area contributed by atoms with E-state index in [2.05, 4.69) is 21.1 Å². The number of hydrogen-bond acceptors (Lipinski definition) is 4. The van der Waals surface area contributed by atoms with Gasteiger partial charge in [-0.2, -0.15) is 0 Å². The lowest BCUT2D eigenvalue weighted by Crippen LogP contribution is -2.13. The molecule has 3 aromatic rings. The van der Waals surface area contributed by atoms with Gasteiger partial charge < -0.3 is 5.73 Å². The van der Waals surface area contributed by atoms with E-state index >= 15 is 0 Å². The number of nitrogens with zero attached hydrogens (tertiary/aromatic N) is 3. The maximum absolute atomic E-state index is 13.6. The van der Waals surface area contributed by atoms with E-state index in [9.17, 15) is 9.18 Å². The Bertz CT molecular complexity index is 863. The molecule has 3 heterocycles. The number of halogens is 1. The molecule has 21 heavy (non-hydrogen) atoms. The molecule has 0 aliphatic heterocycles. The van der Waals surface area contributed by atoms with Crippen molar-refractivity contribution < 1.29 is 9.18 Å². The third kappa shape index (κ3) is 2.20. The average molecular weight is 281 g/mol. The Morgan fingerprint density at radius 1 is 1.33 bits per heavy atom. The predicted octanol–water partition coefficient (Wildman–Crippen LogP) is 2.04. The summed E-state index contributed by atoms with van der Waals surface area (Å²) in [7, 11) is 0. The van der Waals surface area contributed by atoms with Crippen LogP contribution in [0.4, 0.5) is 4.39 Å². The van der Waals surface area contributed by atoms with E-state index in [0.717, 1.165) is 6.20 Å². The Kier molecular flexibility index (Phi) is 3.06. The first-order valence-electron chi connectivity index (χ1n) is 6.15. The van der Waals surface area contributed by atoms with E-state index in [0.29, 0.717) is 27.6 Å². The molecule has 5 nitrogen and oxygen atoms in total. The number of pyridine rings is 3. The van der Waals surface area contributed by atoms with E-state index in [1.165, 1.54) is 6.20 Å². The Morgan fingerprint density at radius 2 is 2.14 bits per heavy atom. The number of carbonyl (C=O) groups excluding carboxylic acids is 1. The first-order chi connectivity index (χ1) is 10.1. The lowest BCUT2D eigenvalue weighted by Gasteiger charge is -2.07. The summed E-state index contributed by atoms with van der Waals surface area (Å²) in [5.41, 5.74) is 6.91. The fourth-order valence-electron chi connectivity index (χ4n) is 2.11. The van der Waals surface area contributed by atoms with Gasteiger partial charge in [0, 0.05) is 28.7 Å². The smallest absolute Gasteiger partial charge is 0.267 e. The number of nitrogens with two attached hydrogens (primary N) is 1. The fraction of sp³-hybridized carbons (Fsp3) is 0.0667. The molecule has 1 radical (unpaired) electrons. The van der Waals surface area contributed by atoms with Crippen LogP contribution in [-0.2, 0) is 0 Å². The van der Waals surface area contributed by atoms with Gasteiger partial charge in [0.2, 0.25) is 0 Å². The standard InChI is InChI=1S/C15H10FN4O/c1-8-11(6-18-7-12(8)16)13-4-10-9(5-20-13)2-3-19-14(10)15(17)21/h2,4-7H,1H3,(H2,17,21). The Balaban J connectivity index is 2.28. The van der Waals surface area contributed by atoms with Crippen molar-refractivity contribution in [3.05, 3.63) is 54.0 Å². The van der Waals surface area contributed by atoms with Crippen LogP contribution >= 0.6 is 0 Å². The first kappa shape index (κ1) is 13.1. The largest absolute Gasteiger partial charge is 0.364 e. The molecule has 3 rings (SSSR count). The highest BCUT2D eigenvalue weighted by atomic mass is 19.1. The van der Waals surface area contributed by atoms with E-state index in [-0.39, 0.29) is 5.69 Å². The van der Waals surface area contributed by atoms with Crippen LogP contribution in [-0.4, -0.2) is 20.9 Å². The van der Waals surface area contributed by atoms with Gasteiger partial charge in [0.1, 0.15) is 11.5 Å². The molecule has 0 fully saturated rings. The molecule has 0 aliphatic rings. The molecule has 3 aromatic heterocycles. The van der Waals surface area contributed by atoms with Crippen molar-refractivity contribution in [2.45, 2.75) is 6.92 Å². The summed E-state index contributed by atoms with van der Waals surface area (Å²) in [6.45, 7) is 1.64. The molecule has 1 amide bonds. The maximum atomic E-state index is 13.6. The van der Waals surface area contributed by atoms with Crippen LogP contribution in [0.15, 0.2) is 30.7 Å². The van der Waals surface area contributed by atoms with E-state index < -0.39 is 11.7 Å². The summed E-state index contributed by atoms with van der Waals surface area (Å²) in [5, 5.41) is 1.24. The van der Waals surface area contributed by atoms with Crippen molar-refractivity contribution in [1.29, 1.82) is 0 Å². The minimum atomic E-state index is -0.650. The van der Waals surface area contributed by atoms with Gasteiger partial charge in [-0.1, -0.05) is 0 Å². The molecule has 0 aromatic carbocycles. The number of amides is 1. The number of hydrogen-bond donors (Lipinski definition) is 1. The molecule has 6 heteroatoms. The Hall–Kier alpha value is -2.89. The van der Waals surface area contributed by atoms with Crippen molar-refractivity contribution in [2.75, 3.05) is 0 Å². The van der Waals surface area contributed by atoms with Crippen molar-refractivity contribution in [1.82, 2.24) is 15.0 Å². The topological polar surface area (TPSA) is 81.8 Å². The average Bonchev–Trinajstić information content (AvgIpc) is 2.48. The summed E-state index contributed by atoms with van der Waals surface area (Å²) in [4.78, 5) is 23.4. The van der Waals surface area contributed by atoms with Gasteiger partial charge in [-0.15, -0.1) is 0 Å². The second-order valence-corrected chi connectivity index (χ2v) is 4.55. The maximum Gasteiger partial charge on any atom is 0.267 e. The summed E-state index contributed by atoms with van der Waals surface area (Å²) in [6.07, 6.45) is 6.84. The van der Waals surface area contributed by atoms with Gasteiger partial charge in [0.15, 0.2) is 0 Å². The highest BCUT2D eigenvalue weighted by Gasteiger charge is 2.12. The third-order valence-electron chi connectivity index (χ3n) is 3.25. The van der Waals surface area contributed by atoms with Gasteiger partial charge >= 0.3 is 0 Å². The van der Waals surface area contributed by atoms with Crippen molar-refractivity contribution in [3.63, 3.8) is 0 Å². The fourth-order valence-corrected chi connectivity index (χ4v) is 2.11. The SMILES string of the molecule is Cc1c(F)cncc1-c1cc2c(C(N)=O)n[c]cc2cn1. The van der Waals surface area contributed by atoms with Gasteiger partial charge in [0.05, 0.1) is 18.1 Å². The molecular weight excluding hydrogens is 271 g/mol. The lowest BCUT2D eigenvalue weighted by atomic mass is 10.0. The monoisotopic (exact) mass is 281 g/mol. The van der Waals surface area contributed by atoms with E-state index in [1.807, 2.05) is 0 Å². The van der Waals surface area contributed by atoms with Crippen LogP contribution in [0.25, 0.3) is 22.0 Å². The van der Waals surface area contributed by atoms with Gasteiger partial charge in [-0.05, 0) is 24.6 Å². The van der Waals surface area contributed by atoms with Gasteiger partial charge in [0.25, 0.3) is 5.91 Å². The molecule has 0 atom stereocenters. The molecule has 0 bridgehead atoms. The minimum absolute atomic E-state index is 0.109. The zero-order chi connectivity index (χ0) is 15.0. The Labute approximate surface area is 119 Å². The highest BCUT2D eigenvalue weighted by Crippen LogP contribution is 2.26. The predicted molar refractivity (Wildman–Crippen MR) is 74.8 cm³/mol. The van der Waals surface area contributed by atoms with Crippen molar-refractivity contribution in [3.8, 4) is 11.3 Å². The van der Waals surface area contributed by atoms with E-state index in [1.54, 1.807) is 25.3 Å². The summed E-state index contributed by atoms with van der Waals surface area (Å²) >= 11 is 0. The molecule has 0 saturated heterocycles. The minimum Gasteiger partial charge on any atom is -0.364 e. The molecule has 0 unspecified atom stereocenters. The lowest BCUT2D eigenvalue weighted by molar-refractivity contribution is 0.0997. The zero-order valence-corrected chi connectivity index (χ0v) is 11.1. The second kappa shape index (κ2) is 4.90. The summed E-state index contributed by atoms with van der Waals surface area (Å²) in [5.74, 6) is -1.06. The molecule has 2 N–H and O–H groups in total. The van der Waals surface area contributed by atoms with Crippen molar-refractivity contribution in [2.24, 2.45) is 5.73 Å². The van der Waals surface area contributed by atoms with Crippen molar-refractivity contribution >= 4 is 16.7 Å². The Morgan fingerprint density at radius 3 is 2.90 bits per heavy atom. The van der Waals surface area contributed by atoms with Crippen LogP contribution in [0.2, 0.25) is 0 Å². The quantitative estimate of drug-likeness (QED) is 0.779. The van der Waals surface area contributed by atoms with E-state index in [4.69, 9.17) is 5.73 Å². The van der Waals surface area contributed by atoms with Crippen LogP contribution in [0.5, 0.6) is 0 Å². The van der Waals surface area contributed by atoms with Gasteiger partial charge in [-0.25, -0.2) is 9.37 Å². The summed E-state index contributed by atoms with van der Waals surface area (Å²) in [6, 6.07) is 3.26. The molecule has 0 saturated carbocycles. The molecular formula is C15H10FN4O. The number of primary amides is 1. The van der Waals surface area contributed by atoms with Crippen LogP contribution < -0.4 is 5.73 Å². The zero-order valence-electron chi connectivity index (χ0n) is 11.1. The molecule has 0 aliphatic carbocycles. The highest BCUT2D eigenvalue weighted by molar-refractivity contribution is 6.04. The number of rotatable bonds is 2. The molecule has 0 spiro atoms. The van der Waals surface area contributed by atoms with Gasteiger partial charge in [-0.3, -0.25) is 14.8 Å². The van der Waals surface area contributed by atoms with Crippen LogP contribution in [0.3, 0.4) is 0 Å². The molecule has 103 valence electrons. The van der Waals surface area contributed by atoms with Crippen LogP contribution in [0, 0.1) is 18.9 Å². The second-order valence-electron chi connectivity index (χ2n) is 4.55.